The van der Waals surface area contributed by atoms with E-state index < -0.39 is 5.97 Å². The molecule has 0 aliphatic heterocycles. The summed E-state index contributed by atoms with van der Waals surface area (Å²) in [6.07, 6.45) is 0.845. The van der Waals surface area contributed by atoms with Gasteiger partial charge in [0.1, 0.15) is 0 Å². The normalized spacial score (nSPS) is 24.4. The van der Waals surface area contributed by atoms with Crippen LogP contribution in [-0.2, 0) is 9.53 Å². The Hall–Kier alpha value is -1.28. The summed E-state index contributed by atoms with van der Waals surface area (Å²) in [5.41, 5.74) is -0.478. The Kier molecular flexibility index (Phi) is 4.24. The molecule has 1 saturated carbocycles. The average Bonchev–Trinajstić information content (AvgIpc) is 2.72. The van der Waals surface area contributed by atoms with Crippen molar-refractivity contribution in [3.05, 3.63) is 10.5 Å². The summed E-state index contributed by atoms with van der Waals surface area (Å²) in [6.45, 7) is 6.68. The highest BCUT2D eigenvalue weighted by atomic mass is 32.2. The second kappa shape index (κ2) is 5.61. The van der Waals surface area contributed by atoms with Crippen molar-refractivity contribution >= 4 is 17.7 Å². The lowest BCUT2D eigenvalue weighted by Gasteiger charge is -2.51. The number of rotatable bonds is 6. The first-order chi connectivity index (χ1) is 9.37. The van der Waals surface area contributed by atoms with E-state index in [0.717, 1.165) is 18.2 Å². The number of aromatic nitrogens is 3. The van der Waals surface area contributed by atoms with Gasteiger partial charge in [0, 0.05) is 12.0 Å². The van der Waals surface area contributed by atoms with E-state index in [1.54, 1.807) is 4.57 Å². The number of thioether (sulfide) groups is 1. The number of hydrogen-bond donors (Lipinski definition) is 2. The van der Waals surface area contributed by atoms with Crippen LogP contribution in [0.1, 0.15) is 33.2 Å². The zero-order valence-corrected chi connectivity index (χ0v) is 12.6. The quantitative estimate of drug-likeness (QED) is 0.764. The van der Waals surface area contributed by atoms with E-state index in [4.69, 9.17) is 9.84 Å². The molecule has 1 aromatic rings. The minimum atomic E-state index is -0.933. The van der Waals surface area contributed by atoms with Crippen LogP contribution < -0.4 is 5.69 Å². The molecule has 1 aliphatic carbocycles. The van der Waals surface area contributed by atoms with Crippen molar-refractivity contribution in [1.29, 1.82) is 0 Å². The standard InChI is InChI=1S/C12H19N3O4S/c1-4-19-8-5-7(12(8,2)3)15-10(18)13-14-11(15)20-6-9(16)17/h7-8H,4-6H2,1-3H3,(H,13,18)(H,16,17). The Morgan fingerprint density at radius 1 is 1.65 bits per heavy atom. The minimum Gasteiger partial charge on any atom is -0.481 e. The number of aromatic amines is 1. The topological polar surface area (TPSA) is 97.2 Å². The van der Waals surface area contributed by atoms with Gasteiger partial charge in [-0.15, -0.1) is 5.10 Å². The molecule has 7 nitrogen and oxygen atoms in total. The van der Waals surface area contributed by atoms with Crippen molar-refractivity contribution in [2.24, 2.45) is 5.41 Å². The van der Waals surface area contributed by atoms with Crippen molar-refractivity contribution in [2.45, 2.75) is 44.5 Å². The molecule has 2 atom stereocenters. The van der Waals surface area contributed by atoms with Crippen LogP contribution in [0, 0.1) is 5.41 Å². The van der Waals surface area contributed by atoms with E-state index in [9.17, 15) is 9.59 Å². The smallest absolute Gasteiger partial charge is 0.344 e. The molecule has 1 aromatic heterocycles. The zero-order chi connectivity index (χ0) is 14.9. The maximum absolute atomic E-state index is 11.9. The first-order valence-corrected chi connectivity index (χ1v) is 7.49. The van der Waals surface area contributed by atoms with Gasteiger partial charge in [-0.25, -0.2) is 9.89 Å². The highest BCUT2D eigenvalue weighted by molar-refractivity contribution is 7.99. The summed E-state index contributed by atoms with van der Waals surface area (Å²) >= 11 is 1.05. The third-order valence-electron chi connectivity index (χ3n) is 3.80. The highest BCUT2D eigenvalue weighted by Gasteiger charge is 2.51. The second-order valence-electron chi connectivity index (χ2n) is 5.38. The first kappa shape index (κ1) is 15.1. The Labute approximate surface area is 120 Å². The van der Waals surface area contributed by atoms with Crippen molar-refractivity contribution in [2.75, 3.05) is 12.4 Å². The van der Waals surface area contributed by atoms with Crippen LogP contribution in [0.4, 0.5) is 0 Å². The van der Waals surface area contributed by atoms with Gasteiger partial charge in [0.05, 0.1) is 17.9 Å². The zero-order valence-electron chi connectivity index (χ0n) is 11.8. The molecule has 0 spiro atoms. The molecule has 1 aliphatic rings. The fourth-order valence-electron chi connectivity index (χ4n) is 2.58. The molecule has 0 aromatic carbocycles. The fourth-order valence-corrected chi connectivity index (χ4v) is 3.29. The minimum absolute atomic E-state index is 0.0263. The van der Waals surface area contributed by atoms with Gasteiger partial charge in [-0.2, -0.15) is 0 Å². The van der Waals surface area contributed by atoms with E-state index in [1.807, 2.05) is 20.8 Å². The van der Waals surface area contributed by atoms with E-state index >= 15 is 0 Å². The number of nitrogens with zero attached hydrogens (tertiary/aromatic N) is 2. The molecule has 2 unspecified atom stereocenters. The van der Waals surface area contributed by atoms with Gasteiger partial charge in [-0.05, 0) is 13.3 Å². The molecule has 20 heavy (non-hydrogen) atoms. The van der Waals surface area contributed by atoms with Crippen LogP contribution in [0.5, 0.6) is 0 Å². The SMILES string of the molecule is CCOC1CC(n2c(SCC(=O)O)n[nH]c2=O)C1(C)C. The summed E-state index contributed by atoms with van der Waals surface area (Å²) in [6, 6.07) is -0.0263. The molecular weight excluding hydrogens is 282 g/mol. The molecule has 8 heteroatoms. The number of nitrogens with one attached hydrogen (secondary N) is 1. The van der Waals surface area contributed by atoms with Gasteiger partial charge >= 0.3 is 11.7 Å². The Morgan fingerprint density at radius 3 is 2.90 bits per heavy atom. The first-order valence-electron chi connectivity index (χ1n) is 6.51. The maximum Gasteiger partial charge on any atom is 0.344 e. The van der Waals surface area contributed by atoms with Crippen LogP contribution in [0.3, 0.4) is 0 Å². The molecule has 112 valence electrons. The lowest BCUT2D eigenvalue weighted by atomic mass is 9.64. The molecule has 2 N–H and O–H groups in total. The van der Waals surface area contributed by atoms with Crippen molar-refractivity contribution in [1.82, 2.24) is 14.8 Å². The Balaban J connectivity index is 2.19. The van der Waals surface area contributed by atoms with Crippen LogP contribution in [0.2, 0.25) is 0 Å². The highest BCUT2D eigenvalue weighted by Crippen LogP contribution is 2.51. The summed E-state index contributed by atoms with van der Waals surface area (Å²) in [5.74, 6) is -1.05. The molecule has 2 rings (SSSR count). The van der Waals surface area contributed by atoms with E-state index in [-0.39, 0.29) is 29.0 Å². The van der Waals surface area contributed by atoms with Gasteiger partial charge in [-0.3, -0.25) is 9.36 Å². The number of H-pyrrole nitrogens is 1. The van der Waals surface area contributed by atoms with Gasteiger partial charge in [0.2, 0.25) is 0 Å². The third-order valence-corrected chi connectivity index (χ3v) is 4.74. The van der Waals surface area contributed by atoms with E-state index in [0.29, 0.717) is 11.8 Å². The number of carboxylic acids is 1. The number of carboxylic acid groups (broad SMARTS) is 1. The predicted molar refractivity (Wildman–Crippen MR) is 74.1 cm³/mol. The number of aliphatic carboxylic acids is 1. The van der Waals surface area contributed by atoms with Crippen LogP contribution in [0.15, 0.2) is 9.95 Å². The van der Waals surface area contributed by atoms with Crippen molar-refractivity contribution < 1.29 is 14.6 Å². The van der Waals surface area contributed by atoms with Crippen LogP contribution >= 0.6 is 11.8 Å². The Morgan fingerprint density at radius 2 is 2.35 bits per heavy atom. The predicted octanol–water partition coefficient (Wildman–Crippen LogP) is 1.12. The third kappa shape index (κ3) is 2.62. The van der Waals surface area contributed by atoms with Crippen molar-refractivity contribution in [3.63, 3.8) is 0 Å². The summed E-state index contributed by atoms with van der Waals surface area (Å²) in [7, 11) is 0. The maximum atomic E-state index is 11.9. The second-order valence-corrected chi connectivity index (χ2v) is 6.32. The lowest BCUT2D eigenvalue weighted by molar-refractivity contribution is -0.134. The van der Waals surface area contributed by atoms with Crippen molar-refractivity contribution in [3.8, 4) is 0 Å². The van der Waals surface area contributed by atoms with Gasteiger partial charge in [0.15, 0.2) is 5.16 Å². The fraction of sp³-hybridized carbons (Fsp3) is 0.750. The molecule has 1 fully saturated rings. The monoisotopic (exact) mass is 301 g/mol. The van der Waals surface area contributed by atoms with Crippen LogP contribution in [0.25, 0.3) is 0 Å². The summed E-state index contributed by atoms with van der Waals surface area (Å²) in [4.78, 5) is 22.6. The molecule has 0 amide bonds. The molecular formula is C12H19N3O4S. The summed E-state index contributed by atoms with van der Waals surface area (Å²) in [5, 5.41) is 15.5. The molecule has 1 heterocycles. The number of hydrogen-bond acceptors (Lipinski definition) is 5. The van der Waals surface area contributed by atoms with E-state index in [1.165, 1.54) is 0 Å². The largest absolute Gasteiger partial charge is 0.481 e. The molecule has 0 bridgehead atoms. The summed E-state index contributed by atoms with van der Waals surface area (Å²) < 4.78 is 7.21. The average molecular weight is 301 g/mol. The lowest BCUT2D eigenvalue weighted by Crippen LogP contribution is -2.53. The number of carbonyl (C=O) groups is 1. The molecule has 0 saturated heterocycles. The van der Waals surface area contributed by atoms with E-state index in [2.05, 4.69) is 10.2 Å². The van der Waals surface area contributed by atoms with Gasteiger partial charge in [0.25, 0.3) is 0 Å². The number of ether oxygens (including phenoxy) is 1. The molecule has 0 radical (unpaired) electrons. The Bertz CT molecular complexity index is 551. The van der Waals surface area contributed by atoms with Gasteiger partial charge in [-0.1, -0.05) is 25.6 Å². The van der Waals surface area contributed by atoms with Gasteiger partial charge < -0.3 is 9.84 Å². The van der Waals surface area contributed by atoms with Crippen LogP contribution in [-0.4, -0.2) is 44.3 Å².